The van der Waals surface area contributed by atoms with Crippen molar-refractivity contribution >= 4 is 16.1 Å². The highest BCUT2D eigenvalue weighted by Gasteiger charge is 2.07. The van der Waals surface area contributed by atoms with Gasteiger partial charge in [-0.05, 0) is 13.3 Å². The molecule has 0 bridgehead atoms. The third kappa shape index (κ3) is 9.03. The zero-order valence-corrected chi connectivity index (χ0v) is 8.08. The predicted molar refractivity (Wildman–Crippen MR) is 46.6 cm³/mol. The first-order valence-electron chi connectivity index (χ1n) is 3.71. The Bertz CT molecular complexity index is 277. The monoisotopic (exact) mass is 208 g/mol. The van der Waals surface area contributed by atoms with Crippen molar-refractivity contribution in [2.24, 2.45) is 0 Å². The average molecular weight is 208 g/mol. The van der Waals surface area contributed by atoms with Gasteiger partial charge in [-0.2, -0.15) is 8.42 Å². The van der Waals surface area contributed by atoms with Gasteiger partial charge in [-0.3, -0.25) is 9.35 Å². The molecule has 0 aliphatic carbocycles. The van der Waals surface area contributed by atoms with Gasteiger partial charge in [0, 0.05) is 6.42 Å². The summed E-state index contributed by atoms with van der Waals surface area (Å²) in [5.41, 5.74) is 0. The zero-order valence-electron chi connectivity index (χ0n) is 7.26. The third-order valence-corrected chi connectivity index (χ3v) is 1.92. The summed E-state index contributed by atoms with van der Waals surface area (Å²) in [4.78, 5) is 10.7. The fourth-order valence-electron chi connectivity index (χ4n) is 0.602. The normalized spacial score (nSPS) is 11.8. The minimum absolute atomic E-state index is 0.0237. The molecule has 0 radical (unpaired) electrons. The molecular weight excluding hydrogens is 196 g/mol. The smallest absolute Gasteiger partial charge is 0.310 e. The maximum atomic E-state index is 10.7. The fourth-order valence-corrected chi connectivity index (χ4v) is 1.11. The number of ether oxygens (including phenoxy) is 1. The van der Waals surface area contributed by atoms with Crippen LogP contribution in [0.2, 0.25) is 0 Å². The Morgan fingerprint density at radius 2 is 2.15 bits per heavy atom. The van der Waals surface area contributed by atoms with E-state index >= 15 is 0 Å². The number of esters is 1. The molecular formula is C7H12O5S. The zero-order chi connectivity index (χ0) is 10.3. The lowest BCUT2D eigenvalue weighted by atomic mass is 10.3. The third-order valence-electron chi connectivity index (χ3n) is 1.12. The lowest BCUT2D eigenvalue weighted by Gasteiger charge is -1.97. The second-order valence-electron chi connectivity index (χ2n) is 2.35. The van der Waals surface area contributed by atoms with Crippen LogP contribution in [0.3, 0.4) is 0 Å². The molecule has 0 fully saturated rings. The minimum Gasteiger partial charge on any atom is -0.435 e. The van der Waals surface area contributed by atoms with Gasteiger partial charge >= 0.3 is 5.97 Å². The topological polar surface area (TPSA) is 80.7 Å². The van der Waals surface area contributed by atoms with E-state index in [0.29, 0.717) is 0 Å². The maximum Gasteiger partial charge on any atom is 0.310 e. The second-order valence-corrected chi connectivity index (χ2v) is 3.92. The van der Waals surface area contributed by atoms with Crippen molar-refractivity contribution in [1.29, 1.82) is 0 Å². The molecule has 0 aliphatic heterocycles. The number of carbonyl (C=O) groups is 1. The van der Waals surface area contributed by atoms with Gasteiger partial charge in [0.05, 0.1) is 12.0 Å². The van der Waals surface area contributed by atoms with Crippen molar-refractivity contribution in [3.63, 3.8) is 0 Å². The molecule has 0 amide bonds. The van der Waals surface area contributed by atoms with Crippen LogP contribution in [0.25, 0.3) is 0 Å². The Morgan fingerprint density at radius 1 is 1.54 bits per heavy atom. The van der Waals surface area contributed by atoms with Crippen molar-refractivity contribution in [2.75, 3.05) is 5.75 Å². The molecule has 76 valence electrons. The van der Waals surface area contributed by atoms with Crippen LogP contribution < -0.4 is 0 Å². The molecule has 0 aromatic heterocycles. The summed E-state index contributed by atoms with van der Waals surface area (Å²) in [7, 11) is -3.97. The van der Waals surface area contributed by atoms with Crippen molar-refractivity contribution in [2.45, 2.75) is 19.8 Å². The summed E-state index contributed by atoms with van der Waals surface area (Å²) in [5, 5.41) is 0. The van der Waals surface area contributed by atoms with Gasteiger partial charge in [-0.15, -0.1) is 0 Å². The summed E-state index contributed by atoms with van der Waals surface area (Å²) in [6, 6.07) is 0. The van der Waals surface area contributed by atoms with E-state index in [9.17, 15) is 13.2 Å². The van der Waals surface area contributed by atoms with Crippen LogP contribution in [0.15, 0.2) is 12.3 Å². The van der Waals surface area contributed by atoms with E-state index in [4.69, 9.17) is 4.55 Å². The van der Waals surface area contributed by atoms with Crippen molar-refractivity contribution in [3.8, 4) is 0 Å². The molecule has 0 aromatic carbocycles. The van der Waals surface area contributed by atoms with Gasteiger partial charge in [0.1, 0.15) is 0 Å². The lowest BCUT2D eigenvalue weighted by Crippen LogP contribution is -2.07. The standard InChI is InChI=1S/C7H12O5S/c1-2-5-12-7(8)4-3-6-13(9,10)11/h2,5H,3-4,6H2,1H3,(H,9,10,11)/b5-2+. The summed E-state index contributed by atoms with van der Waals surface area (Å²) < 4.78 is 33.3. The van der Waals surface area contributed by atoms with Gasteiger partial charge < -0.3 is 4.74 Å². The van der Waals surface area contributed by atoms with Crippen LogP contribution in [-0.4, -0.2) is 24.7 Å². The van der Waals surface area contributed by atoms with Gasteiger partial charge in [-0.25, -0.2) is 0 Å². The van der Waals surface area contributed by atoms with Gasteiger partial charge in [0.15, 0.2) is 0 Å². The number of hydrogen-bond acceptors (Lipinski definition) is 4. The van der Waals surface area contributed by atoms with E-state index in [2.05, 4.69) is 4.74 Å². The number of rotatable bonds is 5. The predicted octanol–water partition coefficient (Wildman–Crippen LogP) is 0.731. The number of allylic oxidation sites excluding steroid dienone is 1. The van der Waals surface area contributed by atoms with Gasteiger partial charge in [-0.1, -0.05) is 6.08 Å². The molecule has 6 heteroatoms. The Labute approximate surface area is 77.1 Å². The quantitative estimate of drug-likeness (QED) is 0.409. The second kappa shape index (κ2) is 5.71. The minimum atomic E-state index is -3.97. The first kappa shape index (κ1) is 12.1. The lowest BCUT2D eigenvalue weighted by molar-refractivity contribution is -0.138. The Morgan fingerprint density at radius 3 is 2.62 bits per heavy atom. The first-order valence-corrected chi connectivity index (χ1v) is 5.32. The SMILES string of the molecule is C/C=C/OC(=O)CCCS(=O)(=O)O. The summed E-state index contributed by atoms with van der Waals surface area (Å²) >= 11 is 0. The van der Waals surface area contributed by atoms with Crippen LogP contribution in [0.4, 0.5) is 0 Å². The van der Waals surface area contributed by atoms with Gasteiger partial charge in [0.2, 0.25) is 0 Å². The molecule has 13 heavy (non-hydrogen) atoms. The number of hydrogen-bond donors (Lipinski definition) is 1. The Balaban J connectivity index is 3.60. The summed E-state index contributed by atoms with van der Waals surface area (Å²) in [5.74, 6) is -0.931. The Kier molecular flexibility index (Phi) is 5.33. The van der Waals surface area contributed by atoms with E-state index in [0.717, 1.165) is 0 Å². The summed E-state index contributed by atoms with van der Waals surface area (Å²) in [6.45, 7) is 1.69. The van der Waals surface area contributed by atoms with Crippen LogP contribution in [0.1, 0.15) is 19.8 Å². The highest BCUT2D eigenvalue weighted by Crippen LogP contribution is 1.96. The molecule has 0 aliphatic rings. The molecule has 0 heterocycles. The van der Waals surface area contributed by atoms with Crippen molar-refractivity contribution in [1.82, 2.24) is 0 Å². The van der Waals surface area contributed by atoms with E-state index in [1.165, 1.54) is 6.26 Å². The largest absolute Gasteiger partial charge is 0.435 e. The highest BCUT2D eigenvalue weighted by molar-refractivity contribution is 7.85. The molecule has 0 rings (SSSR count). The number of carbonyl (C=O) groups excluding carboxylic acids is 1. The molecule has 0 aromatic rings. The highest BCUT2D eigenvalue weighted by atomic mass is 32.2. The van der Waals surface area contributed by atoms with Crippen LogP contribution in [-0.2, 0) is 19.6 Å². The van der Waals surface area contributed by atoms with Crippen LogP contribution >= 0.6 is 0 Å². The van der Waals surface area contributed by atoms with Crippen molar-refractivity contribution < 1.29 is 22.5 Å². The molecule has 0 spiro atoms. The molecule has 0 saturated heterocycles. The van der Waals surface area contributed by atoms with E-state index in [-0.39, 0.29) is 12.8 Å². The van der Waals surface area contributed by atoms with Crippen LogP contribution in [0.5, 0.6) is 0 Å². The van der Waals surface area contributed by atoms with Gasteiger partial charge in [0.25, 0.3) is 10.1 Å². The molecule has 0 atom stereocenters. The van der Waals surface area contributed by atoms with E-state index < -0.39 is 21.8 Å². The average Bonchev–Trinajstić information content (AvgIpc) is 1.98. The van der Waals surface area contributed by atoms with E-state index in [1.807, 2.05) is 0 Å². The van der Waals surface area contributed by atoms with Crippen LogP contribution in [0, 0.1) is 0 Å². The maximum absolute atomic E-state index is 10.7. The van der Waals surface area contributed by atoms with Crippen molar-refractivity contribution in [3.05, 3.63) is 12.3 Å². The summed E-state index contributed by atoms with van der Waals surface area (Å²) in [6.07, 6.45) is 2.80. The molecule has 0 unspecified atom stereocenters. The van der Waals surface area contributed by atoms with E-state index in [1.54, 1.807) is 13.0 Å². The molecule has 0 saturated carbocycles. The first-order chi connectivity index (χ1) is 5.95. The molecule has 5 nitrogen and oxygen atoms in total. The Hall–Kier alpha value is -0.880. The molecule has 1 N–H and O–H groups in total. The fraction of sp³-hybridized carbons (Fsp3) is 0.571.